The fourth-order valence-corrected chi connectivity index (χ4v) is 4.46. The molecule has 0 saturated heterocycles. The van der Waals surface area contributed by atoms with Crippen molar-refractivity contribution in [2.45, 2.75) is 32.6 Å². The van der Waals surface area contributed by atoms with E-state index in [1.165, 1.54) is 30.6 Å². The van der Waals surface area contributed by atoms with E-state index in [0.29, 0.717) is 40.6 Å². The number of benzene rings is 3. The maximum atomic E-state index is 15.0. The van der Waals surface area contributed by atoms with E-state index in [1.54, 1.807) is 31.4 Å². The van der Waals surface area contributed by atoms with Gasteiger partial charge in [0.2, 0.25) is 5.88 Å². The van der Waals surface area contributed by atoms with E-state index in [2.05, 4.69) is 9.97 Å². The highest BCUT2D eigenvalue weighted by molar-refractivity contribution is 6.10. The van der Waals surface area contributed by atoms with Crippen molar-refractivity contribution in [1.82, 2.24) is 9.97 Å². The van der Waals surface area contributed by atoms with Crippen molar-refractivity contribution < 1.29 is 27.8 Å². The van der Waals surface area contributed by atoms with Crippen LogP contribution in [0.1, 0.15) is 29.5 Å². The first-order chi connectivity index (χ1) is 17.8. The molecule has 0 bridgehead atoms. The average molecular weight is 503 g/mol. The molecule has 0 aliphatic heterocycles. The summed E-state index contributed by atoms with van der Waals surface area (Å²) in [5.41, 5.74) is 1.58. The van der Waals surface area contributed by atoms with E-state index in [-0.39, 0.29) is 41.9 Å². The first-order valence-corrected chi connectivity index (χ1v) is 11.9. The number of aromatic nitrogens is 2. The van der Waals surface area contributed by atoms with Gasteiger partial charge in [0.05, 0.1) is 23.4 Å². The minimum atomic E-state index is -1.04. The van der Waals surface area contributed by atoms with Gasteiger partial charge in [-0.05, 0) is 72.9 Å². The lowest BCUT2D eigenvalue weighted by Crippen LogP contribution is -2.28. The Morgan fingerprint density at radius 3 is 2.22 bits per heavy atom. The second kappa shape index (κ2) is 9.69. The van der Waals surface area contributed by atoms with E-state index in [9.17, 15) is 18.4 Å². The number of nitrogens with zero attached hydrogens (tertiary/aromatic N) is 2. The smallest absolute Gasteiger partial charge is 0.230 e. The molecule has 1 fully saturated rings. The molecule has 1 aliphatic carbocycles. The topological polar surface area (TPSA) is 78.4 Å². The van der Waals surface area contributed by atoms with Gasteiger partial charge in [-0.3, -0.25) is 9.59 Å². The van der Waals surface area contributed by atoms with Crippen LogP contribution in [0.25, 0.3) is 10.9 Å². The predicted molar refractivity (Wildman–Crippen MR) is 133 cm³/mol. The number of rotatable bonds is 9. The molecule has 1 saturated carbocycles. The number of halogens is 2. The number of fused-ring (bicyclic) bond motifs is 1. The van der Waals surface area contributed by atoms with E-state index >= 15 is 0 Å². The zero-order valence-electron chi connectivity index (χ0n) is 20.4. The Labute approximate surface area is 212 Å². The summed E-state index contributed by atoms with van der Waals surface area (Å²) in [6.45, 7) is 1.89. The minimum absolute atomic E-state index is 0.0516. The molecule has 4 aromatic rings. The molecule has 0 atom stereocenters. The van der Waals surface area contributed by atoms with Crippen LogP contribution < -0.4 is 9.47 Å². The Hall–Kier alpha value is -4.20. The van der Waals surface area contributed by atoms with Crippen LogP contribution in [-0.2, 0) is 22.4 Å². The first-order valence-electron chi connectivity index (χ1n) is 11.9. The van der Waals surface area contributed by atoms with E-state index in [0.717, 1.165) is 5.56 Å². The van der Waals surface area contributed by atoms with Gasteiger partial charge in [-0.1, -0.05) is 18.2 Å². The third-order valence-corrected chi connectivity index (χ3v) is 6.78. The second-order valence-corrected chi connectivity index (χ2v) is 9.29. The number of ether oxygens (including phenoxy) is 2. The molecule has 5 rings (SSSR count). The molecule has 0 radical (unpaired) electrons. The van der Waals surface area contributed by atoms with Gasteiger partial charge in [-0.15, -0.1) is 0 Å². The molecule has 3 aromatic carbocycles. The summed E-state index contributed by atoms with van der Waals surface area (Å²) >= 11 is 0. The number of hydrogen-bond donors (Lipinski definition) is 0. The molecule has 37 heavy (non-hydrogen) atoms. The monoisotopic (exact) mass is 502 g/mol. The fraction of sp³-hybridized carbons (Fsp3) is 0.241. The lowest BCUT2D eigenvalue weighted by molar-refractivity contribution is -0.133. The molecule has 6 nitrogen and oxygen atoms in total. The van der Waals surface area contributed by atoms with Gasteiger partial charge in [0, 0.05) is 12.8 Å². The van der Waals surface area contributed by atoms with Gasteiger partial charge < -0.3 is 9.47 Å². The Morgan fingerprint density at radius 2 is 1.57 bits per heavy atom. The van der Waals surface area contributed by atoms with Crippen LogP contribution in [0.4, 0.5) is 8.78 Å². The second-order valence-electron chi connectivity index (χ2n) is 9.29. The fourth-order valence-electron chi connectivity index (χ4n) is 4.46. The Balaban J connectivity index is 1.30. The third-order valence-electron chi connectivity index (χ3n) is 6.78. The van der Waals surface area contributed by atoms with Crippen LogP contribution in [0.3, 0.4) is 0 Å². The molecule has 1 aromatic heterocycles. The van der Waals surface area contributed by atoms with Crippen LogP contribution in [0, 0.1) is 24.0 Å². The zero-order valence-corrected chi connectivity index (χ0v) is 20.4. The molecule has 0 amide bonds. The van der Waals surface area contributed by atoms with E-state index in [1.807, 2.05) is 13.0 Å². The molecular formula is C29H24F2N2O4. The first kappa shape index (κ1) is 24.5. The van der Waals surface area contributed by atoms with Crippen LogP contribution in [0.2, 0.25) is 0 Å². The summed E-state index contributed by atoms with van der Waals surface area (Å²) < 4.78 is 39.3. The summed E-state index contributed by atoms with van der Waals surface area (Å²) in [5, 5.41) is 0.568. The molecule has 0 spiro atoms. The number of Topliss-reactive ketones (excluding diaryl/α,β-unsaturated/α-hetero) is 2. The van der Waals surface area contributed by atoms with Gasteiger partial charge >= 0.3 is 0 Å². The summed E-state index contributed by atoms with van der Waals surface area (Å²) in [7, 11) is 1.56. The Bertz CT molecular complexity index is 1510. The van der Waals surface area contributed by atoms with Crippen molar-refractivity contribution in [3.05, 3.63) is 89.2 Å². The number of hydrogen-bond acceptors (Lipinski definition) is 6. The molecule has 1 aliphatic rings. The van der Waals surface area contributed by atoms with Gasteiger partial charge in [0.25, 0.3) is 0 Å². The zero-order chi connectivity index (χ0) is 26.2. The number of ketones is 2. The summed E-state index contributed by atoms with van der Waals surface area (Å²) in [6, 6.07) is 13.5. The highest BCUT2D eigenvalue weighted by atomic mass is 19.1. The van der Waals surface area contributed by atoms with Gasteiger partial charge in [-0.2, -0.15) is 0 Å². The number of carbonyl (C=O) groups excluding carboxylic acids is 2. The van der Waals surface area contributed by atoms with Gasteiger partial charge in [0.15, 0.2) is 23.1 Å². The Kier molecular flexibility index (Phi) is 6.41. The summed E-state index contributed by atoms with van der Waals surface area (Å²) in [4.78, 5) is 34.3. The average Bonchev–Trinajstić information content (AvgIpc) is 3.69. The number of carbonyl (C=O) groups is 2. The quantitative estimate of drug-likeness (QED) is 0.273. The SMILES string of the molecule is COc1cc2c(Oc3ccc(CC(=O)C4(C(=O)Cc5ccc(F)cc5)CC4)cc3F)ncnc2cc1C. The lowest BCUT2D eigenvalue weighted by atomic mass is 9.88. The summed E-state index contributed by atoms with van der Waals surface area (Å²) in [5.74, 6) is -0.713. The van der Waals surface area contributed by atoms with Crippen molar-refractivity contribution >= 4 is 22.5 Å². The molecule has 0 unspecified atom stereocenters. The molecular weight excluding hydrogens is 478 g/mol. The minimum Gasteiger partial charge on any atom is -0.496 e. The standard InChI is InChI=1S/C29H24F2N2O4/c1-17-11-23-21(15-25(17)36-2)28(33-16-32-23)37-24-8-5-19(12-22(24)31)14-27(35)29(9-10-29)26(34)13-18-3-6-20(30)7-4-18/h3-8,11-12,15-16H,9-10,13-14H2,1-2H3. The van der Waals surface area contributed by atoms with Crippen LogP contribution in [0.5, 0.6) is 17.4 Å². The Morgan fingerprint density at radius 1 is 0.892 bits per heavy atom. The van der Waals surface area contributed by atoms with Crippen LogP contribution in [0.15, 0.2) is 60.9 Å². The van der Waals surface area contributed by atoms with Gasteiger partial charge in [-0.25, -0.2) is 18.7 Å². The largest absolute Gasteiger partial charge is 0.496 e. The number of aryl methyl sites for hydroxylation is 1. The van der Waals surface area contributed by atoms with Gasteiger partial charge in [0.1, 0.15) is 17.9 Å². The van der Waals surface area contributed by atoms with E-state index < -0.39 is 11.2 Å². The molecule has 0 N–H and O–H groups in total. The van der Waals surface area contributed by atoms with Crippen molar-refractivity contribution in [3.8, 4) is 17.4 Å². The lowest BCUT2D eigenvalue weighted by Gasteiger charge is -2.14. The van der Waals surface area contributed by atoms with Crippen molar-refractivity contribution in [2.75, 3.05) is 7.11 Å². The van der Waals surface area contributed by atoms with Crippen molar-refractivity contribution in [2.24, 2.45) is 5.41 Å². The highest BCUT2D eigenvalue weighted by Crippen LogP contribution is 2.49. The van der Waals surface area contributed by atoms with Crippen LogP contribution >= 0.6 is 0 Å². The molecule has 8 heteroatoms. The molecule has 1 heterocycles. The highest BCUT2D eigenvalue weighted by Gasteiger charge is 2.54. The summed E-state index contributed by atoms with van der Waals surface area (Å²) in [6.07, 6.45) is 2.27. The molecule has 188 valence electrons. The normalized spacial score (nSPS) is 13.8. The third kappa shape index (κ3) is 4.91. The van der Waals surface area contributed by atoms with Crippen LogP contribution in [-0.4, -0.2) is 28.6 Å². The predicted octanol–water partition coefficient (Wildman–Crippen LogP) is 5.72. The van der Waals surface area contributed by atoms with Crippen molar-refractivity contribution in [1.29, 1.82) is 0 Å². The maximum Gasteiger partial charge on any atom is 0.230 e. The number of methoxy groups -OCH3 is 1. The maximum absolute atomic E-state index is 15.0. The van der Waals surface area contributed by atoms with E-state index in [4.69, 9.17) is 9.47 Å². The van der Waals surface area contributed by atoms with Crippen molar-refractivity contribution in [3.63, 3.8) is 0 Å².